The predicted octanol–water partition coefficient (Wildman–Crippen LogP) is 13.0. The first-order chi connectivity index (χ1) is 25.3. The molecule has 0 aliphatic carbocycles. The van der Waals surface area contributed by atoms with Crippen LogP contribution in [0.2, 0.25) is 0 Å². The van der Waals surface area contributed by atoms with E-state index >= 15 is 0 Å². The van der Waals surface area contributed by atoms with Gasteiger partial charge in [-0.15, -0.1) is 0 Å². The fraction of sp³-hybridized carbons (Fsp3) is 0. The van der Waals surface area contributed by atoms with Gasteiger partial charge in [-0.3, -0.25) is 0 Å². The fourth-order valence-electron chi connectivity index (χ4n) is 7.45. The van der Waals surface area contributed by atoms with Crippen molar-refractivity contribution < 1.29 is 4.42 Å². The van der Waals surface area contributed by atoms with Gasteiger partial charge < -0.3 is 4.42 Å². The maximum absolute atomic E-state index is 6.70. The van der Waals surface area contributed by atoms with E-state index in [0.717, 1.165) is 66.7 Å². The summed E-state index contributed by atoms with van der Waals surface area (Å²) in [6.45, 7) is 0. The van der Waals surface area contributed by atoms with Gasteiger partial charge in [0.05, 0.1) is 11.4 Å². The number of para-hydroxylation sites is 1. The molecule has 0 saturated carbocycles. The van der Waals surface area contributed by atoms with Gasteiger partial charge in [-0.2, -0.15) is 0 Å². The van der Waals surface area contributed by atoms with Gasteiger partial charge in [-0.25, -0.2) is 9.97 Å². The van der Waals surface area contributed by atoms with Crippen LogP contribution in [0.1, 0.15) is 0 Å². The van der Waals surface area contributed by atoms with Crippen LogP contribution >= 0.6 is 0 Å². The van der Waals surface area contributed by atoms with E-state index in [-0.39, 0.29) is 0 Å². The summed E-state index contributed by atoms with van der Waals surface area (Å²) in [5.41, 5.74) is 10.8. The Labute approximate surface area is 295 Å². The van der Waals surface area contributed by atoms with Crippen molar-refractivity contribution in [3.63, 3.8) is 0 Å². The highest BCUT2D eigenvalue weighted by Crippen LogP contribution is 2.43. The summed E-state index contributed by atoms with van der Waals surface area (Å²) >= 11 is 0. The molecule has 0 aliphatic rings. The smallest absolute Gasteiger partial charge is 0.161 e. The summed E-state index contributed by atoms with van der Waals surface area (Å²) in [6.07, 6.45) is 0. The fourth-order valence-corrected chi connectivity index (χ4v) is 7.45. The monoisotopic (exact) mass is 650 g/mol. The number of benzene rings is 8. The highest BCUT2D eigenvalue weighted by atomic mass is 16.3. The van der Waals surface area contributed by atoms with E-state index < -0.39 is 0 Å². The molecule has 0 bridgehead atoms. The molecule has 238 valence electrons. The molecular formula is C48H30N2O. The Morgan fingerprint density at radius 1 is 0.353 bits per heavy atom. The second kappa shape index (κ2) is 11.9. The quantitative estimate of drug-likeness (QED) is 0.174. The van der Waals surface area contributed by atoms with Crippen LogP contribution < -0.4 is 0 Å². The number of furan rings is 1. The third-order valence-corrected chi connectivity index (χ3v) is 9.91. The summed E-state index contributed by atoms with van der Waals surface area (Å²) in [7, 11) is 0. The minimum absolute atomic E-state index is 0.650. The van der Waals surface area contributed by atoms with Crippen molar-refractivity contribution >= 4 is 43.5 Å². The summed E-state index contributed by atoms with van der Waals surface area (Å²) in [5, 5.41) is 7.15. The molecule has 51 heavy (non-hydrogen) atoms. The number of aromatic nitrogens is 2. The molecule has 10 rings (SSSR count). The second-order valence-electron chi connectivity index (χ2n) is 12.9. The molecule has 0 atom stereocenters. The van der Waals surface area contributed by atoms with Gasteiger partial charge in [0, 0.05) is 33.0 Å². The topological polar surface area (TPSA) is 38.9 Å². The zero-order valence-corrected chi connectivity index (χ0v) is 27.6. The molecule has 0 spiro atoms. The second-order valence-corrected chi connectivity index (χ2v) is 12.9. The molecule has 0 aliphatic heterocycles. The van der Waals surface area contributed by atoms with Crippen molar-refractivity contribution in [2.75, 3.05) is 0 Å². The minimum atomic E-state index is 0.650. The largest absolute Gasteiger partial charge is 0.455 e. The first kappa shape index (κ1) is 29.1. The third-order valence-electron chi connectivity index (χ3n) is 9.91. The van der Waals surface area contributed by atoms with Gasteiger partial charge in [0.2, 0.25) is 0 Å². The van der Waals surface area contributed by atoms with Crippen molar-refractivity contribution in [1.29, 1.82) is 0 Å². The lowest BCUT2D eigenvalue weighted by atomic mass is 9.91. The third kappa shape index (κ3) is 4.98. The average molecular weight is 651 g/mol. The Balaban J connectivity index is 1.20. The van der Waals surface area contributed by atoms with Crippen LogP contribution in [-0.2, 0) is 0 Å². The maximum Gasteiger partial charge on any atom is 0.161 e. The normalized spacial score (nSPS) is 11.5. The first-order valence-electron chi connectivity index (χ1n) is 17.2. The summed E-state index contributed by atoms with van der Waals surface area (Å²) in [6, 6.07) is 63.8. The maximum atomic E-state index is 6.70. The van der Waals surface area contributed by atoms with Crippen LogP contribution in [0.5, 0.6) is 0 Å². The number of nitrogens with zero attached hydrogens (tertiary/aromatic N) is 2. The van der Waals surface area contributed by atoms with E-state index in [4.69, 9.17) is 14.4 Å². The van der Waals surface area contributed by atoms with Crippen molar-refractivity contribution in [2.45, 2.75) is 0 Å². The number of hydrogen-bond donors (Lipinski definition) is 0. The number of fused-ring (bicyclic) bond motifs is 6. The zero-order chi connectivity index (χ0) is 33.7. The molecule has 0 N–H and O–H groups in total. The van der Waals surface area contributed by atoms with E-state index in [1.807, 2.05) is 48.5 Å². The number of rotatable bonds is 5. The Morgan fingerprint density at radius 2 is 0.922 bits per heavy atom. The van der Waals surface area contributed by atoms with E-state index in [1.165, 1.54) is 27.1 Å². The van der Waals surface area contributed by atoms with Gasteiger partial charge in [0.25, 0.3) is 0 Å². The Bertz CT molecular complexity index is 2830. The lowest BCUT2D eigenvalue weighted by Crippen LogP contribution is -1.97. The molecule has 0 saturated heterocycles. The molecule has 0 amide bonds. The van der Waals surface area contributed by atoms with Gasteiger partial charge in [-0.1, -0.05) is 152 Å². The van der Waals surface area contributed by atoms with Gasteiger partial charge in [0.15, 0.2) is 5.82 Å². The summed E-state index contributed by atoms with van der Waals surface area (Å²) < 4.78 is 6.70. The molecule has 0 unspecified atom stereocenters. The van der Waals surface area contributed by atoms with E-state index in [0.29, 0.717) is 5.82 Å². The van der Waals surface area contributed by atoms with Crippen LogP contribution in [0.3, 0.4) is 0 Å². The molecule has 8 aromatic carbocycles. The average Bonchev–Trinajstić information content (AvgIpc) is 3.60. The van der Waals surface area contributed by atoms with Crippen molar-refractivity contribution in [1.82, 2.24) is 9.97 Å². The predicted molar refractivity (Wildman–Crippen MR) is 212 cm³/mol. The standard InChI is InChI=1S/C48H30N2O/c1-3-13-32(14-4-1)43-30-44(33-15-5-2-6-16-33)50-48(49-43)41-28-27-40-39-21-11-12-22-45(39)51-47(40)46(41)34-25-23-31(24-26-34)42-29-35-17-7-8-18-36(35)37-19-9-10-20-38(37)42/h1-30H. The molecule has 2 heterocycles. The van der Waals surface area contributed by atoms with Crippen LogP contribution in [-0.4, -0.2) is 9.97 Å². The van der Waals surface area contributed by atoms with Gasteiger partial charge in [0.1, 0.15) is 11.2 Å². The molecule has 10 aromatic rings. The van der Waals surface area contributed by atoms with Gasteiger partial charge in [-0.05, 0) is 68.6 Å². The van der Waals surface area contributed by atoms with Crippen LogP contribution in [0.25, 0.3) is 99.6 Å². The van der Waals surface area contributed by atoms with Crippen molar-refractivity contribution in [3.8, 4) is 56.2 Å². The lowest BCUT2D eigenvalue weighted by molar-refractivity contribution is 0.670. The number of hydrogen-bond acceptors (Lipinski definition) is 3. The molecule has 3 nitrogen and oxygen atoms in total. The molecule has 3 heteroatoms. The van der Waals surface area contributed by atoms with Gasteiger partial charge >= 0.3 is 0 Å². The van der Waals surface area contributed by atoms with Crippen molar-refractivity contribution in [3.05, 3.63) is 182 Å². The van der Waals surface area contributed by atoms with Crippen molar-refractivity contribution in [2.24, 2.45) is 0 Å². The Kier molecular flexibility index (Phi) is 6.81. The van der Waals surface area contributed by atoms with Crippen LogP contribution in [0.15, 0.2) is 186 Å². The summed E-state index contributed by atoms with van der Waals surface area (Å²) in [4.78, 5) is 10.4. The molecule has 0 radical (unpaired) electrons. The summed E-state index contributed by atoms with van der Waals surface area (Å²) in [5.74, 6) is 0.650. The molecular weight excluding hydrogens is 621 g/mol. The van der Waals surface area contributed by atoms with E-state index in [9.17, 15) is 0 Å². The Morgan fingerprint density at radius 3 is 1.63 bits per heavy atom. The zero-order valence-electron chi connectivity index (χ0n) is 27.6. The van der Waals surface area contributed by atoms with E-state index in [2.05, 4.69) is 133 Å². The highest BCUT2D eigenvalue weighted by molar-refractivity contribution is 6.15. The molecule has 0 fully saturated rings. The minimum Gasteiger partial charge on any atom is -0.455 e. The first-order valence-corrected chi connectivity index (χ1v) is 17.2. The van der Waals surface area contributed by atoms with Crippen LogP contribution in [0.4, 0.5) is 0 Å². The van der Waals surface area contributed by atoms with E-state index in [1.54, 1.807) is 0 Å². The van der Waals surface area contributed by atoms with Crippen LogP contribution in [0, 0.1) is 0 Å². The SMILES string of the molecule is c1ccc(-c2cc(-c3ccccc3)nc(-c3ccc4c(oc5ccccc54)c3-c3ccc(-c4cc5ccccc5c5ccccc45)cc3)n2)cc1. The highest BCUT2D eigenvalue weighted by Gasteiger charge is 2.21. The lowest BCUT2D eigenvalue weighted by Gasteiger charge is -2.14. The molecule has 2 aromatic heterocycles. The Hall–Kier alpha value is -6.84.